The van der Waals surface area contributed by atoms with Crippen molar-refractivity contribution in [3.05, 3.63) is 24.5 Å². The van der Waals surface area contributed by atoms with Gasteiger partial charge in [0.2, 0.25) is 0 Å². The molecule has 4 heteroatoms. The molecule has 2 aromatic rings. The third kappa shape index (κ3) is 1.80. The molecule has 0 aliphatic carbocycles. The molecule has 0 aliphatic heterocycles. The van der Waals surface area contributed by atoms with Gasteiger partial charge >= 0.3 is 0 Å². The van der Waals surface area contributed by atoms with Crippen LogP contribution in [0.15, 0.2) is 24.5 Å². The monoisotopic (exact) mass is 205 g/mol. The lowest BCUT2D eigenvalue weighted by Gasteiger charge is -2.22. The van der Waals surface area contributed by atoms with Crippen LogP contribution in [0.5, 0.6) is 0 Å². The van der Waals surface area contributed by atoms with Gasteiger partial charge in [-0.1, -0.05) is 6.07 Å². The maximum atomic E-state index is 8.98. The number of likely N-dealkylation sites (N-methyl/N-ethyl adjacent to an activating group) is 1. The smallest absolute Gasteiger partial charge is 0.112 e. The number of aliphatic hydroxyl groups excluding tert-OH is 1. The van der Waals surface area contributed by atoms with Crippen LogP contribution >= 0.6 is 0 Å². The summed E-state index contributed by atoms with van der Waals surface area (Å²) in [6.45, 7) is 3.74. The summed E-state index contributed by atoms with van der Waals surface area (Å²) < 4.78 is 0. The van der Waals surface area contributed by atoms with Crippen molar-refractivity contribution in [1.29, 1.82) is 0 Å². The minimum absolute atomic E-state index is 0.161. The number of aromatic nitrogens is 2. The molecule has 80 valence electrons. The van der Waals surface area contributed by atoms with Crippen molar-refractivity contribution in [1.82, 2.24) is 9.97 Å². The summed E-state index contributed by atoms with van der Waals surface area (Å²) in [5, 5.41) is 8.98. The van der Waals surface area contributed by atoms with Gasteiger partial charge in [0, 0.05) is 13.1 Å². The fraction of sp³-hybridized carbons (Fsp3) is 0.364. The summed E-state index contributed by atoms with van der Waals surface area (Å²) in [4.78, 5) is 9.49. The Morgan fingerprint density at radius 3 is 3.07 bits per heavy atom. The molecule has 1 aromatic heterocycles. The second kappa shape index (κ2) is 4.31. The fourth-order valence-electron chi connectivity index (χ4n) is 1.77. The lowest BCUT2D eigenvalue weighted by atomic mass is 10.2. The van der Waals surface area contributed by atoms with Gasteiger partial charge in [-0.25, -0.2) is 4.98 Å². The number of aliphatic hydroxyl groups is 1. The highest BCUT2D eigenvalue weighted by molar-refractivity contribution is 5.88. The molecule has 0 radical (unpaired) electrons. The number of H-pyrrole nitrogens is 1. The summed E-state index contributed by atoms with van der Waals surface area (Å²) in [5.74, 6) is 0. The van der Waals surface area contributed by atoms with Crippen LogP contribution in [0, 0.1) is 0 Å². The average Bonchev–Trinajstić information content (AvgIpc) is 2.73. The number of benzene rings is 1. The topological polar surface area (TPSA) is 52.1 Å². The van der Waals surface area contributed by atoms with Gasteiger partial charge < -0.3 is 15.0 Å². The fourth-order valence-corrected chi connectivity index (χ4v) is 1.77. The number of rotatable bonds is 4. The zero-order chi connectivity index (χ0) is 10.7. The molecule has 0 saturated heterocycles. The predicted molar refractivity (Wildman–Crippen MR) is 61.1 cm³/mol. The van der Waals surface area contributed by atoms with Crippen molar-refractivity contribution in [3.8, 4) is 0 Å². The van der Waals surface area contributed by atoms with E-state index in [0.717, 1.165) is 23.3 Å². The van der Waals surface area contributed by atoms with E-state index in [0.29, 0.717) is 6.54 Å². The number of aromatic amines is 1. The van der Waals surface area contributed by atoms with Crippen molar-refractivity contribution in [2.75, 3.05) is 24.6 Å². The van der Waals surface area contributed by atoms with Crippen LogP contribution < -0.4 is 4.90 Å². The largest absolute Gasteiger partial charge is 0.395 e. The normalized spacial score (nSPS) is 10.8. The Labute approximate surface area is 88.6 Å². The minimum atomic E-state index is 0.161. The first-order chi connectivity index (χ1) is 7.36. The predicted octanol–water partition coefficient (Wildman–Crippen LogP) is 1.38. The first-order valence-electron chi connectivity index (χ1n) is 5.14. The highest BCUT2D eigenvalue weighted by Crippen LogP contribution is 2.23. The van der Waals surface area contributed by atoms with E-state index in [4.69, 9.17) is 5.11 Å². The molecular weight excluding hydrogens is 190 g/mol. The van der Waals surface area contributed by atoms with Gasteiger partial charge in [-0.05, 0) is 19.1 Å². The van der Waals surface area contributed by atoms with Crippen molar-refractivity contribution in [2.24, 2.45) is 0 Å². The molecule has 4 nitrogen and oxygen atoms in total. The average molecular weight is 205 g/mol. The lowest BCUT2D eigenvalue weighted by molar-refractivity contribution is 0.302. The molecule has 0 unspecified atom stereocenters. The number of nitrogens with zero attached hydrogens (tertiary/aromatic N) is 2. The molecule has 2 N–H and O–H groups in total. The van der Waals surface area contributed by atoms with Crippen LogP contribution in [-0.2, 0) is 0 Å². The standard InChI is InChI=1S/C11H15N3O/c1-2-14(6-7-15)10-5-3-4-9-11(10)13-8-12-9/h3-5,8,15H,2,6-7H2,1H3,(H,12,13). The molecule has 0 atom stereocenters. The summed E-state index contributed by atoms with van der Waals surface area (Å²) in [6.07, 6.45) is 1.70. The van der Waals surface area contributed by atoms with E-state index in [2.05, 4.69) is 21.8 Å². The first kappa shape index (κ1) is 9.98. The second-order valence-electron chi connectivity index (χ2n) is 3.38. The van der Waals surface area contributed by atoms with E-state index in [1.807, 2.05) is 18.2 Å². The second-order valence-corrected chi connectivity index (χ2v) is 3.38. The van der Waals surface area contributed by atoms with Crippen molar-refractivity contribution >= 4 is 16.7 Å². The third-order valence-corrected chi connectivity index (χ3v) is 2.52. The highest BCUT2D eigenvalue weighted by Gasteiger charge is 2.08. The van der Waals surface area contributed by atoms with Crippen LogP contribution in [0.4, 0.5) is 5.69 Å². The van der Waals surface area contributed by atoms with Gasteiger partial charge in [-0.15, -0.1) is 0 Å². The molecule has 1 aromatic carbocycles. The number of para-hydroxylation sites is 1. The quantitative estimate of drug-likeness (QED) is 0.793. The third-order valence-electron chi connectivity index (χ3n) is 2.52. The highest BCUT2D eigenvalue weighted by atomic mass is 16.3. The summed E-state index contributed by atoms with van der Waals surface area (Å²) >= 11 is 0. The van der Waals surface area contributed by atoms with Crippen LogP contribution in [0.1, 0.15) is 6.92 Å². The van der Waals surface area contributed by atoms with E-state index in [1.54, 1.807) is 6.33 Å². The molecule has 0 bridgehead atoms. The van der Waals surface area contributed by atoms with Crippen LogP contribution in [-0.4, -0.2) is 34.8 Å². The van der Waals surface area contributed by atoms with E-state index >= 15 is 0 Å². The van der Waals surface area contributed by atoms with E-state index < -0.39 is 0 Å². The molecule has 0 fully saturated rings. The van der Waals surface area contributed by atoms with Crippen LogP contribution in [0.25, 0.3) is 11.0 Å². The molecular formula is C11H15N3O. The molecule has 0 saturated carbocycles. The first-order valence-corrected chi connectivity index (χ1v) is 5.14. The number of hydrogen-bond acceptors (Lipinski definition) is 3. The Kier molecular flexibility index (Phi) is 2.87. The molecule has 2 rings (SSSR count). The van der Waals surface area contributed by atoms with E-state index in [-0.39, 0.29) is 6.61 Å². The maximum absolute atomic E-state index is 8.98. The Morgan fingerprint density at radius 1 is 1.47 bits per heavy atom. The van der Waals surface area contributed by atoms with Gasteiger partial charge in [0.05, 0.1) is 24.1 Å². The number of imidazole rings is 1. The molecule has 1 heterocycles. The molecule has 15 heavy (non-hydrogen) atoms. The Hall–Kier alpha value is -1.55. The number of anilines is 1. The van der Waals surface area contributed by atoms with E-state index in [1.165, 1.54) is 0 Å². The zero-order valence-electron chi connectivity index (χ0n) is 8.77. The van der Waals surface area contributed by atoms with Crippen molar-refractivity contribution < 1.29 is 5.11 Å². The lowest BCUT2D eigenvalue weighted by Crippen LogP contribution is -2.26. The summed E-state index contributed by atoms with van der Waals surface area (Å²) in [6, 6.07) is 6.02. The van der Waals surface area contributed by atoms with E-state index in [9.17, 15) is 0 Å². The number of hydrogen-bond donors (Lipinski definition) is 2. The summed E-state index contributed by atoms with van der Waals surface area (Å²) in [7, 11) is 0. The van der Waals surface area contributed by atoms with Crippen LogP contribution in [0.2, 0.25) is 0 Å². The minimum Gasteiger partial charge on any atom is -0.395 e. The SMILES string of the molecule is CCN(CCO)c1cccc2[nH]cnc12. The van der Waals surface area contributed by atoms with Gasteiger partial charge in [0.15, 0.2) is 0 Å². The van der Waals surface area contributed by atoms with Crippen molar-refractivity contribution in [2.45, 2.75) is 6.92 Å². The number of nitrogens with one attached hydrogen (secondary N) is 1. The van der Waals surface area contributed by atoms with Crippen molar-refractivity contribution in [3.63, 3.8) is 0 Å². The Morgan fingerprint density at radius 2 is 2.33 bits per heavy atom. The molecule has 0 spiro atoms. The van der Waals surface area contributed by atoms with Gasteiger partial charge in [0.25, 0.3) is 0 Å². The molecule has 0 amide bonds. The Bertz CT molecular complexity index is 438. The summed E-state index contributed by atoms with van der Waals surface area (Å²) in [5.41, 5.74) is 3.07. The van der Waals surface area contributed by atoms with Gasteiger partial charge in [0.1, 0.15) is 5.52 Å². The maximum Gasteiger partial charge on any atom is 0.112 e. The Balaban J connectivity index is 2.44. The molecule has 0 aliphatic rings. The van der Waals surface area contributed by atoms with Gasteiger partial charge in [-0.2, -0.15) is 0 Å². The number of fused-ring (bicyclic) bond motifs is 1. The zero-order valence-corrected chi connectivity index (χ0v) is 8.77. The van der Waals surface area contributed by atoms with Crippen LogP contribution in [0.3, 0.4) is 0 Å². The van der Waals surface area contributed by atoms with Gasteiger partial charge in [-0.3, -0.25) is 0 Å².